The summed E-state index contributed by atoms with van der Waals surface area (Å²) in [7, 11) is 0. The fourth-order valence-electron chi connectivity index (χ4n) is 3.50. The molecule has 1 aromatic carbocycles. The third kappa shape index (κ3) is 4.29. The summed E-state index contributed by atoms with van der Waals surface area (Å²) in [6, 6.07) is 7.43. The van der Waals surface area contributed by atoms with Gasteiger partial charge in [-0.2, -0.15) is 5.26 Å². The number of aryl methyl sites for hydroxylation is 1. The minimum absolute atomic E-state index is 0.0370. The molecule has 2 rings (SSSR count). The highest BCUT2D eigenvalue weighted by Gasteiger charge is 2.26. The Morgan fingerprint density at radius 3 is 2.31 bits per heavy atom. The molecule has 1 aromatic rings. The van der Waals surface area contributed by atoms with Crippen LogP contribution in [-0.2, 0) is 4.79 Å². The Bertz CT molecular complexity index is 1140. The Balaban J connectivity index is 3.11. The predicted molar refractivity (Wildman–Crippen MR) is 118 cm³/mol. The van der Waals surface area contributed by atoms with Crippen LogP contribution in [-0.4, -0.2) is 10.9 Å². The van der Waals surface area contributed by atoms with Gasteiger partial charge < -0.3 is 5.11 Å². The van der Waals surface area contributed by atoms with E-state index in [-0.39, 0.29) is 11.5 Å². The van der Waals surface area contributed by atoms with Crippen LogP contribution < -0.4 is 0 Å². The highest BCUT2D eigenvalue weighted by atomic mass is 16.3. The van der Waals surface area contributed by atoms with Crippen LogP contribution in [0.3, 0.4) is 0 Å². The van der Waals surface area contributed by atoms with Gasteiger partial charge in [0.05, 0.1) is 11.6 Å². The van der Waals surface area contributed by atoms with E-state index in [0.717, 1.165) is 22.3 Å². The lowest BCUT2D eigenvalue weighted by atomic mass is 9.82. The van der Waals surface area contributed by atoms with Crippen LogP contribution in [0.2, 0.25) is 0 Å². The third-order valence-electron chi connectivity index (χ3n) is 5.06. The average Bonchev–Trinajstić information content (AvgIpc) is 2.74. The van der Waals surface area contributed by atoms with Gasteiger partial charge in [0.25, 0.3) is 0 Å². The molecule has 0 fully saturated rings. The van der Waals surface area contributed by atoms with E-state index in [1.54, 1.807) is 25.1 Å². The average molecular weight is 383 g/mol. The number of carbonyl (C=O) groups is 1. The first kappa shape index (κ1) is 21.7. The van der Waals surface area contributed by atoms with Crippen molar-refractivity contribution in [1.29, 1.82) is 5.26 Å². The Morgan fingerprint density at radius 2 is 1.79 bits per heavy atom. The van der Waals surface area contributed by atoms with E-state index < -0.39 is 0 Å². The number of hydrogen-bond acceptors (Lipinski definition) is 3. The maximum Gasteiger partial charge on any atom is 0.161 e. The molecule has 146 valence electrons. The number of aliphatic hydroxyl groups excluding tert-OH is 1. The molecule has 3 heteroatoms. The molecule has 0 amide bonds. The maximum atomic E-state index is 12.7. The SMILES string of the molecule is C=C=C(C)/C(C(C)=O)=C(\C1=C(C)C(C)=CC(=C)C=C1O)c1ccc(C#N)cc1C. The maximum absolute atomic E-state index is 12.7. The number of nitrogens with zero attached hydrogens (tertiary/aromatic N) is 1. The molecular formula is C26H25NO2. The van der Waals surface area contributed by atoms with Crippen molar-refractivity contribution in [2.24, 2.45) is 0 Å². The Kier molecular flexibility index (Phi) is 6.44. The van der Waals surface area contributed by atoms with Crippen molar-refractivity contribution in [3.63, 3.8) is 0 Å². The molecule has 1 aliphatic carbocycles. The van der Waals surface area contributed by atoms with Gasteiger partial charge in [-0.05, 0) is 80.7 Å². The zero-order valence-corrected chi connectivity index (χ0v) is 17.6. The Labute approximate surface area is 172 Å². The zero-order chi connectivity index (χ0) is 21.9. The molecule has 0 heterocycles. The third-order valence-corrected chi connectivity index (χ3v) is 5.06. The summed E-state index contributed by atoms with van der Waals surface area (Å²) < 4.78 is 0. The first-order chi connectivity index (χ1) is 13.6. The van der Waals surface area contributed by atoms with E-state index in [1.807, 2.05) is 32.9 Å². The van der Waals surface area contributed by atoms with Gasteiger partial charge in [-0.25, -0.2) is 0 Å². The van der Waals surface area contributed by atoms with Crippen LogP contribution >= 0.6 is 0 Å². The molecule has 3 nitrogen and oxygen atoms in total. The molecule has 0 saturated heterocycles. The fraction of sp³-hybridized carbons (Fsp3) is 0.192. The van der Waals surface area contributed by atoms with Crippen molar-refractivity contribution in [3.8, 4) is 6.07 Å². The summed E-state index contributed by atoms with van der Waals surface area (Å²) in [5.74, 6) is -0.120. The molecule has 0 spiro atoms. The number of Topliss-reactive ketones (excluding diaryl/α,β-unsaturated/α-hetero) is 1. The van der Waals surface area contributed by atoms with Crippen LogP contribution in [0.25, 0.3) is 5.57 Å². The summed E-state index contributed by atoms with van der Waals surface area (Å²) in [5.41, 5.74) is 9.58. The van der Waals surface area contributed by atoms with E-state index in [0.29, 0.717) is 33.4 Å². The Morgan fingerprint density at radius 1 is 1.14 bits per heavy atom. The summed E-state index contributed by atoms with van der Waals surface area (Å²) >= 11 is 0. The molecule has 0 atom stereocenters. The standard InChI is InChI=1S/C26H25NO2/c1-8-16(3)24(20(7)28)26(22-10-9-21(14-27)13-18(22)5)25-19(6)17(4)11-15(2)12-23(25)29/h9-13,29H,1-2H2,3-7H3/b26-24+. The molecule has 0 aliphatic heterocycles. The predicted octanol–water partition coefficient (Wildman–Crippen LogP) is 6.22. The van der Waals surface area contributed by atoms with Crippen LogP contribution in [0.4, 0.5) is 0 Å². The number of aliphatic hydroxyl groups is 1. The first-order valence-electron chi connectivity index (χ1n) is 9.25. The largest absolute Gasteiger partial charge is 0.507 e. The van der Waals surface area contributed by atoms with Gasteiger partial charge in [-0.15, -0.1) is 5.73 Å². The lowest BCUT2D eigenvalue weighted by Gasteiger charge is -2.21. The molecule has 1 aliphatic rings. The van der Waals surface area contributed by atoms with Gasteiger partial charge in [0.1, 0.15) is 5.76 Å². The quantitative estimate of drug-likeness (QED) is 0.382. The number of rotatable bonds is 4. The van der Waals surface area contributed by atoms with Crippen molar-refractivity contribution < 1.29 is 9.90 Å². The van der Waals surface area contributed by atoms with Crippen LogP contribution in [0.1, 0.15) is 44.4 Å². The van der Waals surface area contributed by atoms with E-state index in [1.165, 1.54) is 6.92 Å². The molecule has 0 bridgehead atoms. The second kappa shape index (κ2) is 8.61. The molecule has 0 aromatic heterocycles. The number of allylic oxidation sites excluding steroid dienone is 8. The monoisotopic (exact) mass is 383 g/mol. The lowest BCUT2D eigenvalue weighted by Crippen LogP contribution is -2.09. The zero-order valence-electron chi connectivity index (χ0n) is 17.6. The first-order valence-corrected chi connectivity index (χ1v) is 9.25. The van der Waals surface area contributed by atoms with Gasteiger partial charge in [0.2, 0.25) is 0 Å². The van der Waals surface area contributed by atoms with Crippen LogP contribution in [0.15, 0.2) is 88.4 Å². The minimum Gasteiger partial charge on any atom is -0.507 e. The second-order valence-corrected chi connectivity index (χ2v) is 7.18. The lowest BCUT2D eigenvalue weighted by molar-refractivity contribution is -0.113. The topological polar surface area (TPSA) is 61.1 Å². The number of benzene rings is 1. The summed E-state index contributed by atoms with van der Waals surface area (Å²) in [6.07, 6.45) is 3.49. The van der Waals surface area contributed by atoms with Gasteiger partial charge in [0, 0.05) is 22.3 Å². The summed E-state index contributed by atoms with van der Waals surface area (Å²) in [4.78, 5) is 12.7. The van der Waals surface area contributed by atoms with Gasteiger partial charge in [0.15, 0.2) is 5.78 Å². The number of ketones is 1. The molecule has 0 unspecified atom stereocenters. The highest BCUT2D eigenvalue weighted by molar-refractivity contribution is 6.09. The van der Waals surface area contributed by atoms with Gasteiger partial charge in [-0.3, -0.25) is 4.79 Å². The fourth-order valence-corrected chi connectivity index (χ4v) is 3.50. The Hall–Kier alpha value is -3.60. The van der Waals surface area contributed by atoms with Crippen molar-refractivity contribution in [2.75, 3.05) is 0 Å². The van der Waals surface area contributed by atoms with Crippen LogP contribution in [0.5, 0.6) is 0 Å². The van der Waals surface area contributed by atoms with E-state index in [2.05, 4.69) is 25.0 Å². The number of nitriles is 1. The number of hydrogen-bond donors (Lipinski definition) is 1. The second-order valence-electron chi connectivity index (χ2n) is 7.18. The smallest absolute Gasteiger partial charge is 0.161 e. The summed E-state index contributed by atoms with van der Waals surface area (Å²) in [6.45, 7) is 16.7. The number of carbonyl (C=O) groups excluding carboxylic acids is 1. The normalized spacial score (nSPS) is 14.8. The molecule has 0 saturated carbocycles. The van der Waals surface area contributed by atoms with Crippen molar-refractivity contribution >= 4 is 11.4 Å². The molecule has 0 radical (unpaired) electrons. The minimum atomic E-state index is -0.157. The van der Waals surface area contributed by atoms with E-state index >= 15 is 0 Å². The van der Waals surface area contributed by atoms with Gasteiger partial charge >= 0.3 is 0 Å². The van der Waals surface area contributed by atoms with Gasteiger partial charge in [-0.1, -0.05) is 25.3 Å². The van der Waals surface area contributed by atoms with E-state index in [4.69, 9.17) is 0 Å². The molecule has 1 N–H and O–H groups in total. The molecule has 29 heavy (non-hydrogen) atoms. The highest BCUT2D eigenvalue weighted by Crippen LogP contribution is 2.40. The molecular weight excluding hydrogens is 358 g/mol. The van der Waals surface area contributed by atoms with Crippen molar-refractivity contribution in [1.82, 2.24) is 0 Å². The summed E-state index contributed by atoms with van der Waals surface area (Å²) in [5, 5.41) is 20.2. The van der Waals surface area contributed by atoms with Crippen molar-refractivity contribution in [2.45, 2.75) is 34.6 Å². The van der Waals surface area contributed by atoms with E-state index in [9.17, 15) is 15.2 Å². The van der Waals surface area contributed by atoms with Crippen LogP contribution in [0, 0.1) is 18.3 Å². The van der Waals surface area contributed by atoms with Crippen molar-refractivity contribution in [3.05, 3.63) is 105 Å².